The first-order chi connectivity index (χ1) is 37.2. The number of nitrogen functional groups attached to an aromatic ring is 3. The first kappa shape index (κ1) is 59.2. The van der Waals surface area contributed by atoms with Gasteiger partial charge in [0.15, 0.2) is 29.0 Å². The molecule has 0 radical (unpaired) electrons. The minimum atomic E-state index is -1.21. The monoisotopic (exact) mass is 1080 g/mol. The maximum absolute atomic E-state index is 14.1. The van der Waals surface area contributed by atoms with Crippen molar-refractivity contribution in [1.29, 1.82) is 0 Å². The zero-order valence-corrected chi connectivity index (χ0v) is 43.9. The topological polar surface area (TPSA) is 352 Å². The van der Waals surface area contributed by atoms with E-state index in [0.29, 0.717) is 66.9 Å². The Morgan fingerprint density at radius 1 is 0.456 bits per heavy atom. The van der Waals surface area contributed by atoms with Crippen LogP contribution < -0.4 is 22.9 Å². The van der Waals surface area contributed by atoms with Crippen LogP contribution in [0, 0.1) is 28.3 Å². The molecule has 9 rings (SSSR count). The highest BCUT2D eigenvalue weighted by molar-refractivity contribution is 5.99. The lowest BCUT2D eigenvalue weighted by Gasteiger charge is -2.20. The van der Waals surface area contributed by atoms with Crippen LogP contribution in [0.2, 0.25) is 0 Å². The predicted octanol–water partition coefficient (Wildman–Crippen LogP) is 7.84. The molecular formula is C56H58F3N13O7. The Balaban J connectivity index is 0.000000183. The standard InChI is InChI=1S/2C19H19FN4O2.C14H9FN4O2.C4H11NO/c2*1-19(2,9-25)8-16(26)12-5-11(6-13(20)7-12)14-3-4-15-17(24-14)18(21)23-10-22-15;15-9-4-7(3-8(5-9)14(20)21)10-1-2-11-12(19-10)13(16)18-6-17-11;1-4(2,5)3-6/h2*3-7,10,25H,8-9H2,1-2H3,(H2,21,22,23);1-6H,(H,20,21)(H2,16,17,18);6H,3,5H2,1-2H3. The highest BCUT2D eigenvalue weighted by Gasteiger charge is 2.24. The SMILES string of the molecule is CC(C)(CO)CC(=O)c1cc(F)cc(-c2ccc3ncnc(N)c3n2)c1.CC(C)(CO)CC(=O)c1cc(F)cc(-c2ccc3ncnc(N)c3n2)c1.CC(C)(N)CO.Nc1ncnc2ccc(-c3cc(F)cc(C(=O)O)c3)nc12. The van der Waals surface area contributed by atoms with Crippen LogP contribution in [-0.2, 0) is 0 Å². The van der Waals surface area contributed by atoms with Crippen LogP contribution >= 0.6 is 0 Å². The molecule has 410 valence electrons. The Hall–Kier alpha value is -9.03. The van der Waals surface area contributed by atoms with E-state index in [2.05, 4.69) is 44.9 Å². The van der Waals surface area contributed by atoms with E-state index in [0.717, 1.165) is 6.07 Å². The minimum absolute atomic E-state index is 0.0486. The molecule has 0 bridgehead atoms. The van der Waals surface area contributed by atoms with E-state index in [1.807, 2.05) is 0 Å². The second-order valence-electron chi connectivity index (χ2n) is 20.5. The van der Waals surface area contributed by atoms with Gasteiger partial charge in [0.2, 0.25) is 0 Å². The van der Waals surface area contributed by atoms with Gasteiger partial charge in [-0.05, 0) is 116 Å². The smallest absolute Gasteiger partial charge is 0.335 e. The molecule has 20 nitrogen and oxygen atoms in total. The number of ketones is 2. The minimum Gasteiger partial charge on any atom is -0.478 e. The summed E-state index contributed by atoms with van der Waals surface area (Å²) in [7, 11) is 0. The van der Waals surface area contributed by atoms with Crippen molar-refractivity contribution in [3.63, 3.8) is 0 Å². The largest absolute Gasteiger partial charge is 0.478 e. The predicted molar refractivity (Wildman–Crippen MR) is 293 cm³/mol. The summed E-state index contributed by atoms with van der Waals surface area (Å²) >= 11 is 0. The van der Waals surface area contributed by atoms with E-state index >= 15 is 0 Å². The molecule has 0 fully saturated rings. The second-order valence-corrected chi connectivity index (χ2v) is 20.5. The maximum Gasteiger partial charge on any atom is 0.335 e. The number of carbonyl (C=O) groups excluding carboxylic acids is 2. The number of hydrogen-bond acceptors (Lipinski definition) is 19. The summed E-state index contributed by atoms with van der Waals surface area (Å²) in [6.45, 7) is 10.4. The second kappa shape index (κ2) is 25.0. The van der Waals surface area contributed by atoms with E-state index in [4.69, 9.17) is 33.1 Å². The average molecular weight is 1080 g/mol. The van der Waals surface area contributed by atoms with Crippen LogP contribution in [0.25, 0.3) is 66.9 Å². The van der Waals surface area contributed by atoms with Crippen molar-refractivity contribution >= 4 is 68.1 Å². The summed E-state index contributed by atoms with van der Waals surface area (Å²) in [6.07, 6.45) is 4.24. The van der Waals surface area contributed by atoms with E-state index in [-0.39, 0.29) is 78.4 Å². The summed E-state index contributed by atoms with van der Waals surface area (Å²) in [5.41, 5.74) is 27.0. The van der Waals surface area contributed by atoms with E-state index in [1.165, 1.54) is 55.4 Å². The molecule has 9 aromatic rings. The molecule has 79 heavy (non-hydrogen) atoms. The zero-order chi connectivity index (χ0) is 58.0. The number of benzene rings is 3. The number of fused-ring (bicyclic) bond motifs is 3. The molecule has 6 aromatic heterocycles. The number of nitrogens with zero attached hydrogens (tertiary/aromatic N) is 9. The first-order valence-corrected chi connectivity index (χ1v) is 24.1. The molecule has 0 spiro atoms. The number of aliphatic hydroxyl groups excluding tert-OH is 3. The van der Waals surface area contributed by atoms with Gasteiger partial charge in [-0.1, -0.05) is 27.7 Å². The van der Waals surface area contributed by atoms with Crippen molar-refractivity contribution < 1.29 is 48.0 Å². The van der Waals surface area contributed by atoms with Gasteiger partial charge in [-0.2, -0.15) is 0 Å². The number of carboxylic acids is 1. The van der Waals surface area contributed by atoms with Crippen molar-refractivity contribution in [2.75, 3.05) is 37.0 Å². The number of pyridine rings is 3. The fourth-order valence-electron chi connectivity index (χ4n) is 7.20. The molecule has 0 unspecified atom stereocenters. The van der Waals surface area contributed by atoms with Crippen molar-refractivity contribution in [2.45, 2.75) is 59.9 Å². The molecule has 0 amide bonds. The number of nitrogens with two attached hydrogens (primary N) is 4. The van der Waals surface area contributed by atoms with Gasteiger partial charge in [0, 0.05) is 59.4 Å². The summed E-state index contributed by atoms with van der Waals surface area (Å²) in [5.74, 6) is -2.75. The maximum atomic E-state index is 14.1. The Morgan fingerprint density at radius 3 is 1.03 bits per heavy atom. The molecule has 23 heteroatoms. The summed E-state index contributed by atoms with van der Waals surface area (Å²) in [5, 5.41) is 35.9. The lowest BCUT2D eigenvalue weighted by Crippen LogP contribution is -2.35. The molecule has 6 heterocycles. The molecule has 0 aliphatic heterocycles. The van der Waals surface area contributed by atoms with E-state index in [1.54, 1.807) is 90.1 Å². The number of halogens is 3. The normalized spacial score (nSPS) is 11.5. The van der Waals surface area contributed by atoms with Gasteiger partial charge in [-0.25, -0.2) is 62.8 Å². The number of carboxylic acid groups (broad SMARTS) is 1. The lowest BCUT2D eigenvalue weighted by atomic mass is 9.86. The highest BCUT2D eigenvalue weighted by Crippen LogP contribution is 2.30. The van der Waals surface area contributed by atoms with E-state index in [9.17, 15) is 37.8 Å². The molecule has 0 aliphatic rings. The summed E-state index contributed by atoms with van der Waals surface area (Å²) in [6, 6.07) is 21.8. The quantitative estimate of drug-likeness (QED) is 0.0510. The molecular weight excluding hydrogens is 1020 g/mol. The number of hydrogen-bond donors (Lipinski definition) is 8. The highest BCUT2D eigenvalue weighted by atomic mass is 19.1. The van der Waals surface area contributed by atoms with E-state index < -0.39 is 39.8 Å². The van der Waals surface area contributed by atoms with Gasteiger partial charge in [0.25, 0.3) is 0 Å². The number of rotatable bonds is 13. The Labute approximate surface area is 450 Å². The molecule has 0 saturated heterocycles. The van der Waals surface area contributed by atoms with Crippen LogP contribution in [0.5, 0.6) is 0 Å². The van der Waals surface area contributed by atoms with Crippen LogP contribution in [0.3, 0.4) is 0 Å². The van der Waals surface area contributed by atoms with Crippen molar-refractivity contribution in [1.82, 2.24) is 44.9 Å². The fourth-order valence-corrected chi connectivity index (χ4v) is 7.20. The van der Waals surface area contributed by atoms with Crippen LogP contribution in [-0.4, -0.2) is 108 Å². The van der Waals surface area contributed by atoms with Gasteiger partial charge >= 0.3 is 5.97 Å². The fraction of sp³-hybridized carbons (Fsp3) is 0.250. The van der Waals surface area contributed by atoms with Crippen LogP contribution in [0.15, 0.2) is 110 Å². The molecule has 0 aliphatic carbocycles. The Morgan fingerprint density at radius 2 is 0.747 bits per heavy atom. The Kier molecular flexibility index (Phi) is 18.7. The van der Waals surface area contributed by atoms with Gasteiger partial charge in [0.1, 0.15) is 53.0 Å². The molecule has 3 aromatic carbocycles. The van der Waals surface area contributed by atoms with Gasteiger partial charge in [-0.3, -0.25) is 9.59 Å². The number of aromatic nitrogens is 9. The number of anilines is 3. The third-order valence-corrected chi connectivity index (χ3v) is 11.5. The number of aliphatic hydroxyl groups is 3. The molecule has 12 N–H and O–H groups in total. The molecule has 0 atom stereocenters. The summed E-state index contributed by atoms with van der Waals surface area (Å²) < 4.78 is 41.7. The lowest BCUT2D eigenvalue weighted by molar-refractivity contribution is 0.0695. The first-order valence-electron chi connectivity index (χ1n) is 24.1. The average Bonchev–Trinajstić information content (AvgIpc) is 3.45. The Bertz CT molecular complexity index is 3550. The zero-order valence-electron chi connectivity index (χ0n) is 43.9. The number of aromatic carboxylic acids is 1. The van der Waals surface area contributed by atoms with Crippen molar-refractivity contribution in [2.24, 2.45) is 16.6 Å². The number of Topliss-reactive ketones (excluding diaryl/α,β-unsaturated/α-hetero) is 2. The number of carbonyl (C=O) groups is 3. The molecule has 0 saturated carbocycles. The third kappa shape index (κ3) is 16.0. The van der Waals surface area contributed by atoms with Crippen molar-refractivity contribution in [3.8, 4) is 33.8 Å². The summed E-state index contributed by atoms with van der Waals surface area (Å²) in [4.78, 5) is 72.9. The van der Waals surface area contributed by atoms with Gasteiger partial charge in [-0.15, -0.1) is 0 Å². The van der Waals surface area contributed by atoms with Gasteiger partial charge < -0.3 is 43.4 Å². The van der Waals surface area contributed by atoms with Crippen molar-refractivity contribution in [3.05, 3.63) is 144 Å². The van der Waals surface area contributed by atoms with Crippen LogP contribution in [0.4, 0.5) is 30.6 Å². The van der Waals surface area contributed by atoms with Crippen LogP contribution in [0.1, 0.15) is 85.5 Å². The van der Waals surface area contributed by atoms with Gasteiger partial charge in [0.05, 0.1) is 45.8 Å². The third-order valence-electron chi connectivity index (χ3n) is 11.5.